The molecule has 1 aromatic carbocycles. The molecule has 2 aromatic rings. The summed E-state index contributed by atoms with van der Waals surface area (Å²) in [5, 5.41) is 0. The molecule has 126 valence electrons. The average Bonchev–Trinajstić information content (AvgIpc) is 2.62. The van der Waals surface area contributed by atoms with Gasteiger partial charge in [-0.05, 0) is 38.5 Å². The largest absolute Gasteiger partial charge is 0.354 e. The van der Waals surface area contributed by atoms with Gasteiger partial charge in [0.15, 0.2) is 5.78 Å². The molecule has 0 spiro atoms. The minimum atomic E-state index is 0.0931. The number of pyridine rings is 1. The minimum Gasteiger partial charge on any atom is -0.354 e. The van der Waals surface area contributed by atoms with E-state index in [0.29, 0.717) is 6.04 Å². The molecule has 24 heavy (non-hydrogen) atoms. The summed E-state index contributed by atoms with van der Waals surface area (Å²) in [5.74, 6) is 1.14. The van der Waals surface area contributed by atoms with Crippen LogP contribution < -0.4 is 4.90 Å². The van der Waals surface area contributed by atoms with E-state index in [1.165, 1.54) is 0 Å². The Balaban J connectivity index is 1.68. The van der Waals surface area contributed by atoms with Gasteiger partial charge in [-0.25, -0.2) is 4.98 Å². The highest BCUT2D eigenvalue weighted by atomic mass is 16.1. The first-order chi connectivity index (χ1) is 11.5. The molecular weight excluding hydrogens is 298 g/mol. The number of carbonyl (C=O) groups is 1. The number of hydrogen-bond acceptors (Lipinski definition) is 4. The summed E-state index contributed by atoms with van der Waals surface area (Å²) in [6.45, 7) is 10.3. The highest BCUT2D eigenvalue weighted by Crippen LogP contribution is 2.22. The lowest BCUT2D eigenvalue weighted by Gasteiger charge is -2.37. The van der Waals surface area contributed by atoms with Crippen molar-refractivity contribution >= 4 is 11.6 Å². The Bertz CT molecular complexity index is 684. The molecule has 1 saturated heterocycles. The molecule has 0 atom stereocenters. The molecule has 3 rings (SSSR count). The topological polar surface area (TPSA) is 36.4 Å². The van der Waals surface area contributed by atoms with Crippen LogP contribution in [-0.2, 0) is 0 Å². The van der Waals surface area contributed by atoms with E-state index in [0.717, 1.165) is 48.7 Å². The third kappa shape index (κ3) is 3.65. The summed E-state index contributed by atoms with van der Waals surface area (Å²) in [7, 11) is 0. The Kier molecular flexibility index (Phi) is 4.95. The number of piperazine rings is 1. The molecule has 2 heterocycles. The van der Waals surface area contributed by atoms with Crippen molar-refractivity contribution < 1.29 is 4.79 Å². The fourth-order valence-electron chi connectivity index (χ4n) is 3.11. The summed E-state index contributed by atoms with van der Waals surface area (Å²) in [6.07, 6.45) is 1.92. The van der Waals surface area contributed by atoms with E-state index in [1.54, 1.807) is 6.92 Å². The van der Waals surface area contributed by atoms with E-state index in [2.05, 4.69) is 40.8 Å². The molecule has 1 aromatic heterocycles. The molecule has 0 aliphatic carbocycles. The molecule has 4 heteroatoms. The first-order valence-electron chi connectivity index (χ1n) is 8.61. The fourth-order valence-corrected chi connectivity index (χ4v) is 3.11. The maximum absolute atomic E-state index is 11.4. The maximum atomic E-state index is 11.4. The second-order valence-electron chi connectivity index (χ2n) is 6.66. The van der Waals surface area contributed by atoms with Gasteiger partial charge in [0, 0.05) is 49.5 Å². The van der Waals surface area contributed by atoms with Crippen molar-refractivity contribution in [3.8, 4) is 11.1 Å². The van der Waals surface area contributed by atoms with E-state index < -0.39 is 0 Å². The predicted molar refractivity (Wildman–Crippen MR) is 98.6 cm³/mol. The highest BCUT2D eigenvalue weighted by Gasteiger charge is 2.19. The van der Waals surface area contributed by atoms with Gasteiger partial charge in [0.2, 0.25) is 0 Å². The summed E-state index contributed by atoms with van der Waals surface area (Å²) in [5.41, 5.74) is 2.91. The molecule has 0 saturated carbocycles. The number of carbonyl (C=O) groups excluding carboxylic acids is 1. The van der Waals surface area contributed by atoms with Crippen LogP contribution in [0.4, 0.5) is 5.82 Å². The quantitative estimate of drug-likeness (QED) is 0.807. The van der Waals surface area contributed by atoms with Gasteiger partial charge in [-0.3, -0.25) is 9.69 Å². The zero-order valence-electron chi connectivity index (χ0n) is 14.7. The Morgan fingerprint density at radius 1 is 0.958 bits per heavy atom. The van der Waals surface area contributed by atoms with Crippen LogP contribution in [0.3, 0.4) is 0 Å². The van der Waals surface area contributed by atoms with Gasteiger partial charge < -0.3 is 4.90 Å². The maximum Gasteiger partial charge on any atom is 0.159 e. The number of hydrogen-bond donors (Lipinski definition) is 0. The van der Waals surface area contributed by atoms with Crippen LogP contribution >= 0.6 is 0 Å². The fraction of sp³-hybridized carbons (Fsp3) is 0.400. The standard InChI is InChI=1S/C20H25N3O/c1-15(2)22-10-12-23(13-11-22)20-9-8-19(14-21-20)18-6-4-17(5-7-18)16(3)24/h4-9,14-15H,10-13H2,1-3H3. The van der Waals surface area contributed by atoms with E-state index in [9.17, 15) is 4.79 Å². The van der Waals surface area contributed by atoms with Crippen LogP contribution in [0, 0.1) is 0 Å². The summed E-state index contributed by atoms with van der Waals surface area (Å²) in [4.78, 5) is 20.9. The number of Topliss-reactive ketones (excluding diaryl/α,β-unsaturated/α-hetero) is 1. The molecular formula is C20H25N3O. The zero-order valence-corrected chi connectivity index (χ0v) is 14.7. The van der Waals surface area contributed by atoms with Crippen LogP contribution in [0.25, 0.3) is 11.1 Å². The molecule has 0 amide bonds. The number of anilines is 1. The van der Waals surface area contributed by atoms with Crippen molar-refractivity contribution in [2.24, 2.45) is 0 Å². The van der Waals surface area contributed by atoms with Crippen molar-refractivity contribution in [3.05, 3.63) is 48.2 Å². The first kappa shape index (κ1) is 16.7. The van der Waals surface area contributed by atoms with Gasteiger partial charge >= 0.3 is 0 Å². The summed E-state index contributed by atoms with van der Waals surface area (Å²) >= 11 is 0. The lowest BCUT2D eigenvalue weighted by atomic mass is 10.0. The molecule has 1 aliphatic heterocycles. The monoisotopic (exact) mass is 323 g/mol. The van der Waals surface area contributed by atoms with Gasteiger partial charge in [-0.1, -0.05) is 24.3 Å². The lowest BCUT2D eigenvalue weighted by molar-refractivity contribution is 0.101. The number of benzene rings is 1. The van der Waals surface area contributed by atoms with E-state index in [-0.39, 0.29) is 5.78 Å². The van der Waals surface area contributed by atoms with E-state index >= 15 is 0 Å². The third-order valence-corrected chi connectivity index (χ3v) is 4.74. The molecule has 0 bridgehead atoms. The second kappa shape index (κ2) is 7.14. The minimum absolute atomic E-state index is 0.0931. The van der Waals surface area contributed by atoms with Crippen molar-refractivity contribution in [1.29, 1.82) is 0 Å². The number of aromatic nitrogens is 1. The predicted octanol–water partition coefficient (Wildman–Crippen LogP) is 3.48. The number of ketones is 1. The molecule has 0 N–H and O–H groups in total. The Hall–Kier alpha value is -2.20. The average molecular weight is 323 g/mol. The molecule has 0 radical (unpaired) electrons. The summed E-state index contributed by atoms with van der Waals surface area (Å²) in [6, 6.07) is 12.5. The Morgan fingerprint density at radius 2 is 1.58 bits per heavy atom. The lowest BCUT2D eigenvalue weighted by Crippen LogP contribution is -2.49. The number of rotatable bonds is 4. The van der Waals surface area contributed by atoms with Crippen LogP contribution in [0.5, 0.6) is 0 Å². The van der Waals surface area contributed by atoms with Crippen molar-refractivity contribution in [2.45, 2.75) is 26.8 Å². The SMILES string of the molecule is CC(=O)c1ccc(-c2ccc(N3CCN(C(C)C)CC3)nc2)cc1. The van der Waals surface area contributed by atoms with Crippen molar-refractivity contribution in [3.63, 3.8) is 0 Å². The van der Waals surface area contributed by atoms with Crippen LogP contribution in [0.15, 0.2) is 42.6 Å². The van der Waals surface area contributed by atoms with Gasteiger partial charge in [0.1, 0.15) is 5.82 Å². The molecule has 0 unspecified atom stereocenters. The number of nitrogens with zero attached hydrogens (tertiary/aromatic N) is 3. The second-order valence-corrected chi connectivity index (χ2v) is 6.66. The first-order valence-corrected chi connectivity index (χ1v) is 8.61. The van der Waals surface area contributed by atoms with Crippen LogP contribution in [-0.4, -0.2) is 47.9 Å². The third-order valence-electron chi connectivity index (χ3n) is 4.74. The van der Waals surface area contributed by atoms with Crippen molar-refractivity contribution in [1.82, 2.24) is 9.88 Å². The zero-order chi connectivity index (χ0) is 17.1. The van der Waals surface area contributed by atoms with Gasteiger partial charge in [0.05, 0.1) is 0 Å². The van der Waals surface area contributed by atoms with Gasteiger partial charge in [-0.15, -0.1) is 0 Å². The highest BCUT2D eigenvalue weighted by molar-refractivity contribution is 5.94. The van der Waals surface area contributed by atoms with Gasteiger partial charge in [-0.2, -0.15) is 0 Å². The molecule has 1 aliphatic rings. The van der Waals surface area contributed by atoms with Gasteiger partial charge in [0.25, 0.3) is 0 Å². The van der Waals surface area contributed by atoms with Crippen LogP contribution in [0.2, 0.25) is 0 Å². The van der Waals surface area contributed by atoms with E-state index in [1.807, 2.05) is 30.5 Å². The Morgan fingerprint density at radius 3 is 2.08 bits per heavy atom. The van der Waals surface area contributed by atoms with Crippen molar-refractivity contribution in [2.75, 3.05) is 31.1 Å². The summed E-state index contributed by atoms with van der Waals surface area (Å²) < 4.78 is 0. The normalized spacial score (nSPS) is 15.8. The molecule has 1 fully saturated rings. The molecule has 4 nitrogen and oxygen atoms in total. The van der Waals surface area contributed by atoms with Crippen LogP contribution in [0.1, 0.15) is 31.1 Å². The van der Waals surface area contributed by atoms with E-state index in [4.69, 9.17) is 0 Å². The smallest absolute Gasteiger partial charge is 0.159 e. The Labute approximate surface area is 144 Å².